The number of aliphatic hydroxyl groups excluding tert-OH is 1. The number of hydrogen-bond acceptors (Lipinski definition) is 5. The van der Waals surface area contributed by atoms with Crippen molar-refractivity contribution < 1.29 is 19.4 Å². The third-order valence-corrected chi connectivity index (χ3v) is 4.38. The second-order valence-corrected chi connectivity index (χ2v) is 7.43. The lowest BCUT2D eigenvalue weighted by Gasteiger charge is -2.36. The number of aliphatic hydroxyl groups is 1. The van der Waals surface area contributed by atoms with E-state index in [4.69, 9.17) is 9.47 Å². The fraction of sp³-hybridized carbons (Fsp3) is 0.650. The number of ether oxygens (including phenoxy) is 2. The van der Waals surface area contributed by atoms with Crippen molar-refractivity contribution in [3.63, 3.8) is 0 Å². The molecule has 26 heavy (non-hydrogen) atoms. The Morgan fingerprint density at radius 3 is 2.62 bits per heavy atom. The highest BCUT2D eigenvalue weighted by atomic mass is 16.5. The molecule has 0 bridgehead atoms. The fourth-order valence-electron chi connectivity index (χ4n) is 3.27. The summed E-state index contributed by atoms with van der Waals surface area (Å²) in [4.78, 5) is 17.1. The highest BCUT2D eigenvalue weighted by Crippen LogP contribution is 2.16. The summed E-state index contributed by atoms with van der Waals surface area (Å²) in [7, 11) is 1.61. The maximum absolute atomic E-state index is 13.0. The Balaban J connectivity index is 2.04. The van der Waals surface area contributed by atoms with E-state index in [-0.39, 0.29) is 18.1 Å². The largest absolute Gasteiger partial charge is 0.497 e. The van der Waals surface area contributed by atoms with Gasteiger partial charge in [0.25, 0.3) is 5.91 Å². The molecule has 6 heteroatoms. The Kier molecular flexibility index (Phi) is 7.87. The van der Waals surface area contributed by atoms with E-state index in [9.17, 15) is 9.90 Å². The maximum atomic E-state index is 13.0. The van der Waals surface area contributed by atoms with Crippen molar-refractivity contribution in [1.29, 1.82) is 0 Å². The Morgan fingerprint density at radius 1 is 1.35 bits per heavy atom. The third-order valence-electron chi connectivity index (χ3n) is 4.38. The van der Waals surface area contributed by atoms with Crippen LogP contribution in [0, 0.1) is 5.92 Å². The minimum absolute atomic E-state index is 0.0117. The summed E-state index contributed by atoms with van der Waals surface area (Å²) in [6.45, 7) is 10.1. The van der Waals surface area contributed by atoms with Crippen LogP contribution in [0.15, 0.2) is 24.3 Å². The maximum Gasteiger partial charge on any atom is 0.253 e. The van der Waals surface area contributed by atoms with Gasteiger partial charge in [-0.25, -0.2) is 0 Å². The second-order valence-electron chi connectivity index (χ2n) is 7.43. The molecule has 1 aromatic carbocycles. The zero-order valence-corrected chi connectivity index (χ0v) is 16.4. The summed E-state index contributed by atoms with van der Waals surface area (Å²) >= 11 is 0. The van der Waals surface area contributed by atoms with E-state index in [2.05, 4.69) is 18.7 Å². The van der Waals surface area contributed by atoms with Gasteiger partial charge in [0.15, 0.2) is 0 Å². The molecule has 0 aliphatic carbocycles. The Bertz CT molecular complexity index is 559. The molecule has 2 rings (SSSR count). The lowest BCUT2D eigenvalue weighted by Crippen LogP contribution is -2.50. The van der Waals surface area contributed by atoms with Crippen LogP contribution >= 0.6 is 0 Å². The second kappa shape index (κ2) is 9.90. The van der Waals surface area contributed by atoms with E-state index >= 15 is 0 Å². The number of nitrogens with zero attached hydrogens (tertiary/aromatic N) is 2. The van der Waals surface area contributed by atoms with Crippen LogP contribution in [0.2, 0.25) is 0 Å². The van der Waals surface area contributed by atoms with Gasteiger partial charge in [0.1, 0.15) is 5.75 Å². The highest BCUT2D eigenvalue weighted by molar-refractivity contribution is 5.94. The molecular weight excluding hydrogens is 332 g/mol. The van der Waals surface area contributed by atoms with E-state index in [1.165, 1.54) is 0 Å². The van der Waals surface area contributed by atoms with E-state index in [1.807, 2.05) is 17.0 Å². The van der Waals surface area contributed by atoms with Crippen LogP contribution in [0.3, 0.4) is 0 Å². The third kappa shape index (κ3) is 6.27. The van der Waals surface area contributed by atoms with E-state index in [1.54, 1.807) is 26.2 Å². The van der Waals surface area contributed by atoms with Gasteiger partial charge in [0.2, 0.25) is 0 Å². The first-order valence-electron chi connectivity index (χ1n) is 9.34. The predicted molar refractivity (Wildman–Crippen MR) is 102 cm³/mol. The van der Waals surface area contributed by atoms with Gasteiger partial charge >= 0.3 is 0 Å². The molecule has 0 radical (unpaired) electrons. The zero-order chi connectivity index (χ0) is 19.1. The smallest absolute Gasteiger partial charge is 0.253 e. The SMILES string of the molecule is COc1ccc(C(=O)N(CC(C)C)C[C@@H]2CN(C[C@@H](C)O)CCO2)cc1. The average Bonchev–Trinajstić information content (AvgIpc) is 2.60. The standard InChI is InChI=1S/C20H32N2O4/c1-15(2)11-22(20(24)17-5-7-18(25-4)8-6-17)14-19-13-21(9-10-26-19)12-16(3)23/h5-8,15-16,19,23H,9-14H2,1-4H3/t16-,19+/m1/s1. The van der Waals surface area contributed by atoms with E-state index < -0.39 is 0 Å². The molecule has 1 saturated heterocycles. The minimum Gasteiger partial charge on any atom is -0.497 e. The number of β-amino-alcohol motifs (C(OH)–C–C–N with tert-alkyl or cyclic N) is 1. The molecule has 0 spiro atoms. The number of rotatable bonds is 8. The van der Waals surface area contributed by atoms with Crippen LogP contribution in [0.25, 0.3) is 0 Å². The quantitative estimate of drug-likeness (QED) is 0.763. The Morgan fingerprint density at radius 2 is 2.04 bits per heavy atom. The number of hydrogen-bond donors (Lipinski definition) is 1. The number of amides is 1. The number of benzene rings is 1. The summed E-state index contributed by atoms with van der Waals surface area (Å²) in [5, 5.41) is 9.61. The fourth-order valence-corrected chi connectivity index (χ4v) is 3.27. The van der Waals surface area contributed by atoms with Gasteiger partial charge in [-0.2, -0.15) is 0 Å². The molecule has 1 aliphatic heterocycles. The lowest BCUT2D eigenvalue weighted by molar-refractivity contribution is -0.0498. The van der Waals surface area contributed by atoms with Crippen LogP contribution in [0.1, 0.15) is 31.1 Å². The molecule has 1 N–H and O–H groups in total. The van der Waals surface area contributed by atoms with Crippen LogP contribution in [0.4, 0.5) is 0 Å². The van der Waals surface area contributed by atoms with Gasteiger partial charge in [-0.3, -0.25) is 9.69 Å². The number of morpholine rings is 1. The zero-order valence-electron chi connectivity index (χ0n) is 16.4. The molecule has 1 fully saturated rings. The van der Waals surface area contributed by atoms with Crippen LogP contribution in [0.5, 0.6) is 5.75 Å². The molecule has 0 unspecified atom stereocenters. The first-order chi connectivity index (χ1) is 12.4. The number of methoxy groups -OCH3 is 1. The number of carbonyl (C=O) groups excluding carboxylic acids is 1. The molecular formula is C20H32N2O4. The topological polar surface area (TPSA) is 62.2 Å². The molecule has 0 aromatic heterocycles. The van der Waals surface area contributed by atoms with Crippen molar-refractivity contribution in [2.75, 3.05) is 46.4 Å². The Hall–Kier alpha value is -1.63. The minimum atomic E-state index is -0.360. The summed E-state index contributed by atoms with van der Waals surface area (Å²) in [6, 6.07) is 7.22. The van der Waals surface area contributed by atoms with E-state index in [0.29, 0.717) is 37.7 Å². The van der Waals surface area contributed by atoms with Crippen molar-refractivity contribution in [1.82, 2.24) is 9.80 Å². The summed E-state index contributed by atoms with van der Waals surface area (Å²) in [5.74, 6) is 1.12. The molecule has 146 valence electrons. The summed E-state index contributed by atoms with van der Waals surface area (Å²) in [6.07, 6.45) is -0.398. The van der Waals surface area contributed by atoms with Crippen LogP contribution < -0.4 is 4.74 Å². The van der Waals surface area contributed by atoms with Crippen molar-refractivity contribution in [3.05, 3.63) is 29.8 Å². The normalized spacial score (nSPS) is 19.4. The lowest BCUT2D eigenvalue weighted by atomic mass is 10.1. The van der Waals surface area contributed by atoms with Gasteiger partial charge in [-0.05, 0) is 37.1 Å². The predicted octanol–water partition coefficient (Wildman–Crippen LogP) is 1.87. The van der Waals surface area contributed by atoms with Crippen molar-refractivity contribution in [2.24, 2.45) is 5.92 Å². The highest BCUT2D eigenvalue weighted by Gasteiger charge is 2.26. The van der Waals surface area contributed by atoms with Gasteiger partial charge in [-0.1, -0.05) is 13.8 Å². The van der Waals surface area contributed by atoms with Gasteiger partial charge in [-0.15, -0.1) is 0 Å². The van der Waals surface area contributed by atoms with Crippen molar-refractivity contribution in [3.8, 4) is 5.75 Å². The first kappa shape index (κ1) is 20.7. The van der Waals surface area contributed by atoms with Crippen molar-refractivity contribution in [2.45, 2.75) is 33.0 Å². The molecule has 1 aliphatic rings. The molecule has 1 heterocycles. The van der Waals surface area contributed by atoms with Crippen LogP contribution in [-0.4, -0.2) is 79.5 Å². The molecule has 1 amide bonds. The molecule has 6 nitrogen and oxygen atoms in total. The molecule has 2 atom stereocenters. The van der Waals surface area contributed by atoms with Gasteiger partial charge < -0.3 is 19.5 Å². The van der Waals surface area contributed by atoms with E-state index in [0.717, 1.165) is 18.8 Å². The molecule has 0 saturated carbocycles. The monoisotopic (exact) mass is 364 g/mol. The van der Waals surface area contributed by atoms with Crippen LogP contribution in [-0.2, 0) is 4.74 Å². The van der Waals surface area contributed by atoms with Crippen molar-refractivity contribution >= 4 is 5.91 Å². The molecule has 1 aromatic rings. The first-order valence-corrected chi connectivity index (χ1v) is 9.34. The Labute approximate surface area is 156 Å². The average molecular weight is 364 g/mol. The number of carbonyl (C=O) groups is 1. The van der Waals surface area contributed by atoms with Gasteiger partial charge in [0, 0.05) is 38.3 Å². The summed E-state index contributed by atoms with van der Waals surface area (Å²) < 4.78 is 11.1. The van der Waals surface area contributed by atoms with Gasteiger partial charge in [0.05, 0.1) is 25.9 Å². The summed E-state index contributed by atoms with van der Waals surface area (Å²) in [5.41, 5.74) is 0.656.